The Hall–Kier alpha value is -4.63. The van der Waals surface area contributed by atoms with Crippen molar-refractivity contribution in [2.45, 2.75) is 65.3 Å². The van der Waals surface area contributed by atoms with E-state index in [0.717, 1.165) is 46.1 Å². The number of ether oxygens (including phenoxy) is 3. The average Bonchev–Trinajstić information content (AvgIpc) is 3.36. The molecule has 4 aromatic rings. The molecule has 5 rings (SSSR count). The molecular weight excluding hydrogens is 570 g/mol. The van der Waals surface area contributed by atoms with Crippen LogP contribution in [-0.4, -0.2) is 63.5 Å². The number of carbonyl (C=O) groups excluding carboxylic acids is 2. The van der Waals surface area contributed by atoms with E-state index in [2.05, 4.69) is 11.1 Å². The molecule has 1 aliphatic heterocycles. The van der Waals surface area contributed by atoms with Crippen LogP contribution in [-0.2, 0) is 15.9 Å². The summed E-state index contributed by atoms with van der Waals surface area (Å²) < 4.78 is 18.9. The van der Waals surface area contributed by atoms with Crippen molar-refractivity contribution in [2.24, 2.45) is 0 Å². The first-order valence-electron chi connectivity index (χ1n) is 15.2. The summed E-state index contributed by atoms with van der Waals surface area (Å²) in [6.45, 7) is 9.80. The smallest absolute Gasteiger partial charge is 0.410 e. The van der Waals surface area contributed by atoms with Crippen molar-refractivity contribution in [1.82, 2.24) is 14.5 Å². The van der Waals surface area contributed by atoms with E-state index in [4.69, 9.17) is 14.2 Å². The number of hydrogen-bond acceptors (Lipinski definition) is 7. The van der Waals surface area contributed by atoms with E-state index in [-0.39, 0.29) is 25.2 Å². The van der Waals surface area contributed by atoms with E-state index in [1.54, 1.807) is 18.3 Å². The number of esters is 1. The maximum Gasteiger partial charge on any atom is 0.410 e. The first kappa shape index (κ1) is 31.8. The van der Waals surface area contributed by atoms with Crippen molar-refractivity contribution in [3.8, 4) is 22.7 Å². The van der Waals surface area contributed by atoms with Crippen LogP contribution in [0.5, 0.6) is 5.75 Å². The maximum atomic E-state index is 13.3. The van der Waals surface area contributed by atoms with E-state index in [0.29, 0.717) is 17.5 Å². The Bertz CT molecular complexity index is 1630. The Morgan fingerprint density at radius 1 is 1.02 bits per heavy atom. The molecule has 0 aliphatic carbocycles. The molecule has 0 radical (unpaired) electrons. The highest BCUT2D eigenvalue weighted by Crippen LogP contribution is 2.33. The SMILES string of the molecule is COC(=O)c1ccc(-c2ccc3c(c2)CC[C@H](CN(C[C@@H](O)c2ccc(-n4c(C)ccc4C)nc2)C(=O)OC(C)(C)C)O3)cc1. The number of pyridine rings is 1. The van der Waals surface area contributed by atoms with Crippen LogP contribution in [0.1, 0.15) is 66.2 Å². The number of aryl methyl sites for hydroxylation is 3. The van der Waals surface area contributed by atoms with Gasteiger partial charge in [-0.2, -0.15) is 0 Å². The lowest BCUT2D eigenvalue weighted by Crippen LogP contribution is -2.45. The number of amides is 1. The zero-order chi connectivity index (χ0) is 32.3. The fourth-order valence-corrected chi connectivity index (χ4v) is 5.54. The van der Waals surface area contributed by atoms with Crippen molar-refractivity contribution in [3.05, 3.63) is 101 Å². The lowest BCUT2D eigenvalue weighted by Gasteiger charge is -2.33. The van der Waals surface area contributed by atoms with E-state index >= 15 is 0 Å². The summed E-state index contributed by atoms with van der Waals surface area (Å²) in [6, 6.07) is 21.1. The van der Waals surface area contributed by atoms with Crippen LogP contribution in [0.3, 0.4) is 0 Å². The van der Waals surface area contributed by atoms with Crippen molar-refractivity contribution < 1.29 is 28.9 Å². The Labute approximate surface area is 264 Å². The molecule has 0 saturated heterocycles. The third-order valence-electron chi connectivity index (χ3n) is 7.85. The number of benzene rings is 2. The van der Waals surface area contributed by atoms with Crippen LogP contribution in [0.2, 0.25) is 0 Å². The van der Waals surface area contributed by atoms with Crippen molar-refractivity contribution >= 4 is 12.1 Å². The Balaban J connectivity index is 1.28. The molecule has 0 spiro atoms. The molecule has 236 valence electrons. The van der Waals surface area contributed by atoms with Gasteiger partial charge < -0.3 is 28.8 Å². The Morgan fingerprint density at radius 2 is 1.71 bits per heavy atom. The minimum atomic E-state index is -0.963. The van der Waals surface area contributed by atoms with E-state index < -0.39 is 17.8 Å². The summed E-state index contributed by atoms with van der Waals surface area (Å²) in [4.78, 5) is 31.2. The van der Waals surface area contributed by atoms with Gasteiger partial charge >= 0.3 is 12.1 Å². The third kappa shape index (κ3) is 7.54. The van der Waals surface area contributed by atoms with Crippen LogP contribution in [0, 0.1) is 13.8 Å². The predicted molar refractivity (Wildman–Crippen MR) is 172 cm³/mol. The number of aliphatic hydroxyl groups excluding tert-OH is 1. The maximum absolute atomic E-state index is 13.3. The van der Waals surface area contributed by atoms with E-state index in [1.807, 2.05) is 87.7 Å². The average molecular weight is 612 g/mol. The van der Waals surface area contributed by atoms with Gasteiger partial charge in [-0.3, -0.25) is 0 Å². The van der Waals surface area contributed by atoms with E-state index in [9.17, 15) is 14.7 Å². The van der Waals surface area contributed by atoms with Gasteiger partial charge in [-0.25, -0.2) is 14.6 Å². The van der Waals surface area contributed by atoms with Crippen molar-refractivity contribution in [3.63, 3.8) is 0 Å². The topological polar surface area (TPSA) is 103 Å². The minimum Gasteiger partial charge on any atom is -0.488 e. The fraction of sp³-hybridized carbons (Fsp3) is 0.361. The first-order chi connectivity index (χ1) is 21.4. The third-order valence-corrected chi connectivity index (χ3v) is 7.85. The van der Waals surface area contributed by atoms with Gasteiger partial charge in [0.25, 0.3) is 0 Å². The highest BCUT2D eigenvalue weighted by atomic mass is 16.6. The summed E-state index contributed by atoms with van der Waals surface area (Å²) in [6.07, 6.45) is 1.36. The minimum absolute atomic E-state index is 0.0325. The van der Waals surface area contributed by atoms with Gasteiger partial charge in [-0.05, 0) is 107 Å². The molecule has 1 amide bonds. The van der Waals surface area contributed by atoms with Crippen molar-refractivity contribution in [2.75, 3.05) is 20.2 Å². The summed E-state index contributed by atoms with van der Waals surface area (Å²) in [5.41, 5.74) is 5.64. The van der Waals surface area contributed by atoms with Gasteiger partial charge in [0, 0.05) is 23.1 Å². The highest BCUT2D eigenvalue weighted by molar-refractivity contribution is 5.90. The van der Waals surface area contributed by atoms with Crippen molar-refractivity contribution in [1.29, 1.82) is 0 Å². The molecule has 0 unspecified atom stereocenters. The van der Waals surface area contributed by atoms with Crippen LogP contribution < -0.4 is 4.74 Å². The molecular formula is C36H41N3O6. The normalized spacial score (nSPS) is 15.0. The number of carbonyl (C=O) groups is 2. The number of methoxy groups -OCH3 is 1. The largest absolute Gasteiger partial charge is 0.488 e. The zero-order valence-electron chi connectivity index (χ0n) is 26.7. The molecule has 2 atom stereocenters. The number of fused-ring (bicyclic) bond motifs is 1. The number of rotatable bonds is 8. The number of hydrogen-bond donors (Lipinski definition) is 1. The highest BCUT2D eigenvalue weighted by Gasteiger charge is 2.30. The molecule has 3 heterocycles. The van der Waals surface area contributed by atoms with Gasteiger partial charge in [0.1, 0.15) is 23.3 Å². The summed E-state index contributed by atoms with van der Waals surface area (Å²) >= 11 is 0. The number of aromatic nitrogens is 2. The van der Waals surface area contributed by atoms with Gasteiger partial charge in [0.2, 0.25) is 0 Å². The molecule has 9 heteroatoms. The van der Waals surface area contributed by atoms with Gasteiger partial charge in [-0.15, -0.1) is 0 Å². The van der Waals surface area contributed by atoms with Gasteiger partial charge in [0.15, 0.2) is 0 Å². The Morgan fingerprint density at radius 3 is 2.33 bits per heavy atom. The Kier molecular flexibility index (Phi) is 9.29. The quantitative estimate of drug-likeness (QED) is 0.224. The van der Waals surface area contributed by atoms with Gasteiger partial charge in [-0.1, -0.05) is 24.3 Å². The lowest BCUT2D eigenvalue weighted by molar-refractivity contribution is 0.00364. The molecule has 9 nitrogen and oxygen atoms in total. The summed E-state index contributed by atoms with van der Waals surface area (Å²) in [5, 5.41) is 11.2. The fourth-order valence-electron chi connectivity index (χ4n) is 5.54. The van der Waals surface area contributed by atoms with Crippen LogP contribution in [0.25, 0.3) is 16.9 Å². The second-order valence-corrected chi connectivity index (χ2v) is 12.5. The molecule has 2 aromatic carbocycles. The second-order valence-electron chi connectivity index (χ2n) is 12.5. The molecule has 0 fully saturated rings. The number of nitrogens with zero attached hydrogens (tertiary/aromatic N) is 3. The first-order valence-corrected chi connectivity index (χ1v) is 15.2. The molecule has 0 saturated carbocycles. The van der Waals surface area contributed by atoms with E-state index in [1.165, 1.54) is 12.0 Å². The molecule has 0 bridgehead atoms. The summed E-state index contributed by atoms with van der Waals surface area (Å²) in [7, 11) is 1.37. The molecule has 1 N–H and O–H groups in total. The molecule has 2 aromatic heterocycles. The second kappa shape index (κ2) is 13.2. The number of aliphatic hydroxyl groups is 1. The predicted octanol–water partition coefficient (Wildman–Crippen LogP) is 6.61. The molecule has 1 aliphatic rings. The monoisotopic (exact) mass is 611 g/mol. The van der Waals surface area contributed by atoms with Gasteiger partial charge in [0.05, 0.1) is 31.9 Å². The van der Waals surface area contributed by atoms with Crippen LogP contribution in [0.4, 0.5) is 4.79 Å². The standard InChI is InChI=1S/C36H41N3O6/c1-23-7-8-24(2)39(23)33-18-15-29(20-37-33)31(40)22-38(35(42)45-36(3,4)5)21-30-16-13-28-19-27(14-17-32(28)44-30)25-9-11-26(12-10-25)34(41)43-6/h7-12,14-15,17-20,30-31,40H,13,16,21-22H2,1-6H3/t30-,31-/m1/s1. The molecule has 45 heavy (non-hydrogen) atoms. The zero-order valence-corrected chi connectivity index (χ0v) is 26.7. The summed E-state index contributed by atoms with van der Waals surface area (Å²) in [5.74, 6) is 1.17. The van der Waals surface area contributed by atoms with Crippen LogP contribution >= 0.6 is 0 Å². The lowest BCUT2D eigenvalue weighted by atomic mass is 9.96. The van der Waals surface area contributed by atoms with Crippen LogP contribution in [0.15, 0.2) is 72.9 Å².